The Bertz CT molecular complexity index is 579. The van der Waals surface area contributed by atoms with Crippen molar-refractivity contribution in [2.75, 3.05) is 46.1 Å². The van der Waals surface area contributed by atoms with Gasteiger partial charge in [0.15, 0.2) is 0 Å². The molecule has 0 saturated carbocycles. The summed E-state index contributed by atoms with van der Waals surface area (Å²) in [6.45, 7) is 1.28. The monoisotopic (exact) mass is 323 g/mol. The average Bonchev–Trinajstić information content (AvgIpc) is 2.37. The van der Waals surface area contributed by atoms with Crippen LogP contribution < -0.4 is 10.5 Å². The predicted molar refractivity (Wildman–Crippen MR) is 75.3 cm³/mol. The highest BCUT2D eigenvalue weighted by atomic mass is 32.2. The molecule has 1 aromatic rings. The number of rotatable bonds is 8. The van der Waals surface area contributed by atoms with E-state index in [1.807, 2.05) is 19.0 Å². The summed E-state index contributed by atoms with van der Waals surface area (Å²) in [4.78, 5) is 1.23. The molecule has 6 nitrogen and oxygen atoms in total. The standard InChI is InChI=1S/C12H19F2N3O3S/c1-17(2)4-6-20-5-3-16-21(18,19)12-8-11(15)9(13)7-10(12)14/h7-8,16H,3-6,15H2,1-2H3. The first-order chi connectivity index (χ1) is 9.74. The SMILES string of the molecule is CN(C)CCOCCNS(=O)(=O)c1cc(N)c(F)cc1F. The Morgan fingerprint density at radius 3 is 2.52 bits per heavy atom. The number of benzene rings is 1. The molecule has 0 saturated heterocycles. The molecule has 0 aliphatic carbocycles. The van der Waals surface area contributed by atoms with Crippen molar-refractivity contribution in [3.63, 3.8) is 0 Å². The van der Waals surface area contributed by atoms with Crippen LogP contribution in [0, 0.1) is 11.6 Å². The van der Waals surface area contributed by atoms with Gasteiger partial charge in [0, 0.05) is 19.2 Å². The first kappa shape index (κ1) is 17.8. The molecule has 1 rings (SSSR count). The van der Waals surface area contributed by atoms with E-state index in [-0.39, 0.29) is 13.2 Å². The predicted octanol–water partition coefficient (Wildman–Crippen LogP) is 0.403. The van der Waals surface area contributed by atoms with Crippen molar-refractivity contribution in [2.45, 2.75) is 4.90 Å². The molecule has 0 bridgehead atoms. The van der Waals surface area contributed by atoms with Gasteiger partial charge in [-0.05, 0) is 20.2 Å². The Labute approximate surface area is 122 Å². The lowest BCUT2D eigenvalue weighted by Crippen LogP contribution is -2.29. The lowest BCUT2D eigenvalue weighted by molar-refractivity contribution is 0.122. The van der Waals surface area contributed by atoms with Crippen LogP contribution in [0.5, 0.6) is 0 Å². The number of likely N-dealkylation sites (N-methyl/N-ethyl adjacent to an activating group) is 1. The number of sulfonamides is 1. The average molecular weight is 323 g/mol. The highest BCUT2D eigenvalue weighted by molar-refractivity contribution is 7.89. The van der Waals surface area contributed by atoms with Crippen molar-refractivity contribution in [3.05, 3.63) is 23.8 Å². The van der Waals surface area contributed by atoms with Gasteiger partial charge in [-0.25, -0.2) is 21.9 Å². The van der Waals surface area contributed by atoms with Crippen LogP contribution in [0.15, 0.2) is 17.0 Å². The highest BCUT2D eigenvalue weighted by Crippen LogP contribution is 2.20. The zero-order valence-electron chi connectivity index (χ0n) is 11.9. The van der Waals surface area contributed by atoms with Crippen LogP contribution in [0.4, 0.5) is 14.5 Å². The fraction of sp³-hybridized carbons (Fsp3) is 0.500. The minimum absolute atomic E-state index is 0.0213. The van der Waals surface area contributed by atoms with E-state index in [4.69, 9.17) is 10.5 Å². The van der Waals surface area contributed by atoms with E-state index >= 15 is 0 Å². The van der Waals surface area contributed by atoms with Gasteiger partial charge in [0.25, 0.3) is 0 Å². The maximum Gasteiger partial charge on any atom is 0.243 e. The van der Waals surface area contributed by atoms with Crippen LogP contribution in [-0.4, -0.2) is 53.7 Å². The number of nitrogens with zero attached hydrogens (tertiary/aromatic N) is 1. The van der Waals surface area contributed by atoms with Gasteiger partial charge in [-0.1, -0.05) is 0 Å². The second kappa shape index (κ2) is 7.64. The molecule has 0 heterocycles. The van der Waals surface area contributed by atoms with Gasteiger partial charge in [0.2, 0.25) is 10.0 Å². The van der Waals surface area contributed by atoms with Crippen LogP contribution in [0.1, 0.15) is 0 Å². The lowest BCUT2D eigenvalue weighted by atomic mass is 10.3. The quantitative estimate of drug-likeness (QED) is 0.534. The van der Waals surface area contributed by atoms with Crippen LogP contribution in [0.25, 0.3) is 0 Å². The highest BCUT2D eigenvalue weighted by Gasteiger charge is 2.20. The summed E-state index contributed by atoms with van der Waals surface area (Å²) in [6.07, 6.45) is 0. The normalized spacial score (nSPS) is 12.0. The second-order valence-electron chi connectivity index (χ2n) is 4.62. The Hall–Kier alpha value is -1.29. The third-order valence-corrected chi connectivity index (χ3v) is 4.04. The minimum Gasteiger partial charge on any atom is -0.396 e. The zero-order valence-corrected chi connectivity index (χ0v) is 12.7. The summed E-state index contributed by atoms with van der Waals surface area (Å²) in [5.74, 6) is -2.19. The molecule has 0 spiro atoms. The van der Waals surface area contributed by atoms with Crippen molar-refractivity contribution in [1.82, 2.24) is 9.62 Å². The van der Waals surface area contributed by atoms with E-state index in [1.165, 1.54) is 0 Å². The maximum absolute atomic E-state index is 13.5. The van der Waals surface area contributed by atoms with E-state index in [0.29, 0.717) is 19.2 Å². The van der Waals surface area contributed by atoms with Crippen LogP contribution in [-0.2, 0) is 14.8 Å². The molecule has 0 fully saturated rings. The van der Waals surface area contributed by atoms with Gasteiger partial charge in [0.05, 0.1) is 18.9 Å². The Kier molecular flexibility index (Phi) is 6.46. The molecular formula is C12H19F2N3O3S. The van der Waals surface area contributed by atoms with Crippen LogP contribution in [0.2, 0.25) is 0 Å². The molecule has 21 heavy (non-hydrogen) atoms. The lowest BCUT2D eigenvalue weighted by Gasteiger charge is -2.11. The molecule has 9 heteroatoms. The molecule has 0 aliphatic rings. The summed E-state index contributed by atoms with van der Waals surface area (Å²) in [5, 5.41) is 0. The van der Waals surface area contributed by atoms with Gasteiger partial charge in [-0.3, -0.25) is 0 Å². The van der Waals surface area contributed by atoms with Gasteiger partial charge in [-0.2, -0.15) is 0 Å². The number of hydrogen-bond donors (Lipinski definition) is 2. The molecule has 3 N–H and O–H groups in total. The van der Waals surface area contributed by atoms with Gasteiger partial charge >= 0.3 is 0 Å². The number of halogens is 2. The van der Waals surface area contributed by atoms with E-state index < -0.39 is 32.2 Å². The Morgan fingerprint density at radius 2 is 1.90 bits per heavy atom. The summed E-state index contributed by atoms with van der Waals surface area (Å²) in [7, 11) is -0.330. The third-order valence-electron chi connectivity index (χ3n) is 2.56. The molecule has 120 valence electrons. The summed E-state index contributed by atoms with van der Waals surface area (Å²) >= 11 is 0. The third kappa shape index (κ3) is 5.54. The Morgan fingerprint density at radius 1 is 1.24 bits per heavy atom. The van der Waals surface area contributed by atoms with Crippen molar-refractivity contribution < 1.29 is 21.9 Å². The number of nitrogens with one attached hydrogen (secondary N) is 1. The van der Waals surface area contributed by atoms with E-state index in [1.54, 1.807) is 0 Å². The molecular weight excluding hydrogens is 304 g/mol. The van der Waals surface area contributed by atoms with Crippen molar-refractivity contribution in [3.8, 4) is 0 Å². The zero-order chi connectivity index (χ0) is 16.0. The molecule has 0 radical (unpaired) electrons. The topological polar surface area (TPSA) is 84.7 Å². The van der Waals surface area contributed by atoms with Crippen LogP contribution >= 0.6 is 0 Å². The van der Waals surface area contributed by atoms with Gasteiger partial charge in [-0.15, -0.1) is 0 Å². The summed E-state index contributed by atoms with van der Waals surface area (Å²) in [6, 6.07) is 1.19. The van der Waals surface area contributed by atoms with Gasteiger partial charge in [0.1, 0.15) is 16.5 Å². The van der Waals surface area contributed by atoms with Crippen LogP contribution in [0.3, 0.4) is 0 Å². The number of nitrogen functional groups attached to an aromatic ring is 1. The van der Waals surface area contributed by atoms with Crippen molar-refractivity contribution in [2.24, 2.45) is 0 Å². The molecule has 0 aromatic heterocycles. The largest absolute Gasteiger partial charge is 0.396 e. The number of hydrogen-bond acceptors (Lipinski definition) is 5. The van der Waals surface area contributed by atoms with Gasteiger partial charge < -0.3 is 15.4 Å². The second-order valence-corrected chi connectivity index (χ2v) is 6.35. The molecule has 0 aliphatic heterocycles. The van der Waals surface area contributed by atoms with E-state index in [0.717, 1.165) is 6.07 Å². The Balaban J connectivity index is 2.56. The number of anilines is 1. The first-order valence-corrected chi connectivity index (χ1v) is 7.69. The molecule has 0 atom stereocenters. The van der Waals surface area contributed by atoms with E-state index in [2.05, 4.69) is 4.72 Å². The number of ether oxygens (including phenoxy) is 1. The fourth-order valence-corrected chi connectivity index (χ4v) is 2.53. The molecule has 0 amide bonds. The molecule has 1 aromatic carbocycles. The summed E-state index contributed by atoms with van der Waals surface area (Å²) < 4.78 is 57.6. The smallest absolute Gasteiger partial charge is 0.243 e. The fourth-order valence-electron chi connectivity index (χ4n) is 1.43. The first-order valence-electron chi connectivity index (χ1n) is 6.20. The molecule has 0 unspecified atom stereocenters. The maximum atomic E-state index is 13.5. The van der Waals surface area contributed by atoms with E-state index in [9.17, 15) is 17.2 Å². The summed E-state index contributed by atoms with van der Waals surface area (Å²) in [5.41, 5.74) is 4.81. The minimum atomic E-state index is -4.10. The number of nitrogens with two attached hydrogens (primary N) is 1. The van der Waals surface area contributed by atoms with Crippen molar-refractivity contribution in [1.29, 1.82) is 0 Å². The van der Waals surface area contributed by atoms with Crippen molar-refractivity contribution >= 4 is 15.7 Å².